The monoisotopic (exact) mass is 249 g/mol. The van der Waals surface area contributed by atoms with E-state index in [-0.39, 0.29) is 17.9 Å². The highest BCUT2D eigenvalue weighted by molar-refractivity contribution is 5.87. The summed E-state index contributed by atoms with van der Waals surface area (Å²) < 4.78 is 5.07. The van der Waals surface area contributed by atoms with Gasteiger partial charge in [-0.05, 0) is 12.5 Å². The molecule has 0 spiro atoms. The minimum absolute atomic E-state index is 0.0304. The third-order valence-electron chi connectivity index (χ3n) is 2.94. The maximum atomic E-state index is 11.4. The number of hydrogen-bond donors (Lipinski definition) is 0. The number of Topliss-reactive ketones (excluding diaryl/α,β-unsaturated/α-hetero) is 1. The van der Waals surface area contributed by atoms with E-state index in [1.807, 2.05) is 0 Å². The van der Waals surface area contributed by atoms with Crippen molar-refractivity contribution in [2.45, 2.75) is 19.4 Å². The van der Waals surface area contributed by atoms with Gasteiger partial charge >= 0.3 is 5.97 Å². The van der Waals surface area contributed by atoms with Gasteiger partial charge in [0.25, 0.3) is 5.69 Å². The highest BCUT2D eigenvalue weighted by Gasteiger charge is 2.39. The maximum Gasteiger partial charge on any atom is 0.307 e. The Bertz CT molecular complexity index is 525. The van der Waals surface area contributed by atoms with Gasteiger partial charge in [0.05, 0.1) is 17.3 Å². The standard InChI is InChI=1S/C12H11NO5/c1-7(14)10-6-11(15)18-12(10)8-3-2-4-9(5-8)13(16)17/h2-5,10,12H,6H2,1H3. The van der Waals surface area contributed by atoms with Crippen LogP contribution in [-0.4, -0.2) is 16.7 Å². The van der Waals surface area contributed by atoms with Crippen molar-refractivity contribution in [3.05, 3.63) is 39.9 Å². The molecule has 0 saturated carbocycles. The van der Waals surface area contributed by atoms with Gasteiger partial charge in [-0.2, -0.15) is 0 Å². The van der Waals surface area contributed by atoms with Gasteiger partial charge in [0, 0.05) is 12.1 Å². The predicted octanol–water partition coefficient (Wildman–Crippen LogP) is 1.79. The average molecular weight is 249 g/mol. The first-order chi connectivity index (χ1) is 8.49. The van der Waals surface area contributed by atoms with Crippen LogP contribution in [0, 0.1) is 16.0 Å². The summed E-state index contributed by atoms with van der Waals surface area (Å²) in [6.07, 6.45) is -0.683. The second-order valence-corrected chi connectivity index (χ2v) is 4.18. The number of hydrogen-bond acceptors (Lipinski definition) is 5. The van der Waals surface area contributed by atoms with Crippen molar-refractivity contribution < 1.29 is 19.2 Å². The highest BCUT2D eigenvalue weighted by Crippen LogP contribution is 2.36. The van der Waals surface area contributed by atoms with Crippen LogP contribution < -0.4 is 0 Å². The number of carbonyl (C=O) groups is 2. The molecular weight excluding hydrogens is 238 g/mol. The quantitative estimate of drug-likeness (QED) is 0.463. The molecule has 0 amide bonds. The van der Waals surface area contributed by atoms with Crippen LogP contribution in [0.4, 0.5) is 5.69 Å². The van der Waals surface area contributed by atoms with Crippen LogP contribution in [0.2, 0.25) is 0 Å². The summed E-state index contributed by atoms with van der Waals surface area (Å²) in [6, 6.07) is 5.81. The van der Waals surface area contributed by atoms with E-state index in [4.69, 9.17) is 4.74 Å². The fourth-order valence-corrected chi connectivity index (χ4v) is 2.03. The Morgan fingerprint density at radius 3 is 2.83 bits per heavy atom. The smallest absolute Gasteiger partial charge is 0.307 e. The van der Waals surface area contributed by atoms with E-state index in [9.17, 15) is 19.7 Å². The molecular formula is C12H11NO5. The van der Waals surface area contributed by atoms with Crippen molar-refractivity contribution in [2.75, 3.05) is 0 Å². The van der Waals surface area contributed by atoms with Gasteiger partial charge in [-0.25, -0.2) is 0 Å². The minimum Gasteiger partial charge on any atom is -0.457 e. The second kappa shape index (κ2) is 4.56. The number of nitro groups is 1. The van der Waals surface area contributed by atoms with E-state index in [0.29, 0.717) is 5.56 Å². The van der Waals surface area contributed by atoms with Gasteiger partial charge in [0.15, 0.2) is 0 Å². The largest absolute Gasteiger partial charge is 0.457 e. The molecule has 0 aliphatic carbocycles. The van der Waals surface area contributed by atoms with Crippen molar-refractivity contribution in [1.29, 1.82) is 0 Å². The molecule has 0 bridgehead atoms. The highest BCUT2D eigenvalue weighted by atomic mass is 16.6. The normalized spacial score (nSPS) is 22.6. The topological polar surface area (TPSA) is 86.5 Å². The molecule has 94 valence electrons. The number of benzene rings is 1. The molecule has 6 nitrogen and oxygen atoms in total. The summed E-state index contributed by atoms with van der Waals surface area (Å²) in [5.41, 5.74) is 0.396. The Morgan fingerprint density at radius 2 is 2.22 bits per heavy atom. The fourth-order valence-electron chi connectivity index (χ4n) is 2.03. The molecule has 0 radical (unpaired) electrons. The average Bonchev–Trinajstić information content (AvgIpc) is 2.72. The minimum atomic E-state index is -0.713. The van der Waals surface area contributed by atoms with Crippen molar-refractivity contribution in [3.63, 3.8) is 0 Å². The Hall–Kier alpha value is -2.24. The molecule has 1 aliphatic heterocycles. The lowest BCUT2D eigenvalue weighted by Crippen LogP contribution is -2.15. The molecule has 1 aliphatic rings. The molecule has 2 unspecified atom stereocenters. The SMILES string of the molecule is CC(=O)C1CC(=O)OC1c1cccc([N+](=O)[O-])c1. The van der Waals surface area contributed by atoms with E-state index >= 15 is 0 Å². The van der Waals surface area contributed by atoms with Gasteiger partial charge in [-0.1, -0.05) is 12.1 Å². The first-order valence-corrected chi connectivity index (χ1v) is 5.43. The van der Waals surface area contributed by atoms with Gasteiger partial charge < -0.3 is 4.74 Å². The lowest BCUT2D eigenvalue weighted by Gasteiger charge is -2.15. The third-order valence-corrected chi connectivity index (χ3v) is 2.94. The molecule has 1 fully saturated rings. The van der Waals surface area contributed by atoms with Crippen LogP contribution in [0.25, 0.3) is 0 Å². The third kappa shape index (κ3) is 2.22. The molecule has 1 saturated heterocycles. The first kappa shape index (κ1) is 12.2. The molecule has 0 N–H and O–H groups in total. The van der Waals surface area contributed by atoms with Crippen LogP contribution in [0.3, 0.4) is 0 Å². The summed E-state index contributed by atoms with van der Waals surface area (Å²) in [6.45, 7) is 1.39. The number of carbonyl (C=O) groups excluding carboxylic acids is 2. The van der Waals surface area contributed by atoms with Crippen LogP contribution in [-0.2, 0) is 14.3 Å². The number of ether oxygens (including phenoxy) is 1. The van der Waals surface area contributed by atoms with Crippen LogP contribution in [0.15, 0.2) is 24.3 Å². The molecule has 0 aromatic heterocycles. The number of nitrogens with zero attached hydrogens (tertiary/aromatic N) is 1. The Balaban J connectivity index is 2.35. The molecule has 1 aromatic carbocycles. The molecule has 2 atom stereocenters. The summed E-state index contributed by atoms with van der Waals surface area (Å²) in [5, 5.41) is 10.7. The molecule has 1 aromatic rings. The number of non-ortho nitro benzene ring substituents is 1. The fraction of sp³-hybridized carbons (Fsp3) is 0.333. The zero-order chi connectivity index (χ0) is 13.3. The lowest BCUT2D eigenvalue weighted by atomic mass is 9.92. The van der Waals surface area contributed by atoms with Crippen molar-refractivity contribution in [3.8, 4) is 0 Å². The Morgan fingerprint density at radius 1 is 1.50 bits per heavy atom. The zero-order valence-electron chi connectivity index (χ0n) is 9.66. The van der Waals surface area contributed by atoms with E-state index in [2.05, 4.69) is 0 Å². The van der Waals surface area contributed by atoms with E-state index in [1.165, 1.54) is 25.1 Å². The summed E-state index contributed by atoms with van der Waals surface area (Å²) in [4.78, 5) is 32.8. The van der Waals surface area contributed by atoms with Crippen LogP contribution in [0.5, 0.6) is 0 Å². The zero-order valence-corrected chi connectivity index (χ0v) is 9.66. The Kier molecular flexibility index (Phi) is 3.10. The summed E-state index contributed by atoms with van der Waals surface area (Å²) in [5.74, 6) is -1.16. The van der Waals surface area contributed by atoms with Crippen molar-refractivity contribution >= 4 is 17.4 Å². The van der Waals surface area contributed by atoms with Crippen LogP contribution >= 0.6 is 0 Å². The van der Waals surface area contributed by atoms with E-state index in [0.717, 1.165) is 0 Å². The predicted molar refractivity (Wildman–Crippen MR) is 60.7 cm³/mol. The molecule has 2 rings (SSSR count). The van der Waals surface area contributed by atoms with Gasteiger partial charge in [-0.15, -0.1) is 0 Å². The van der Waals surface area contributed by atoms with Gasteiger partial charge in [-0.3, -0.25) is 19.7 Å². The summed E-state index contributed by atoms with van der Waals surface area (Å²) >= 11 is 0. The molecule has 1 heterocycles. The summed E-state index contributed by atoms with van der Waals surface area (Å²) in [7, 11) is 0. The van der Waals surface area contributed by atoms with E-state index in [1.54, 1.807) is 6.07 Å². The number of ketones is 1. The number of esters is 1. The Labute approximate surface area is 103 Å². The van der Waals surface area contributed by atoms with Crippen molar-refractivity contribution in [2.24, 2.45) is 5.92 Å². The molecule has 6 heteroatoms. The second-order valence-electron chi connectivity index (χ2n) is 4.18. The lowest BCUT2D eigenvalue weighted by molar-refractivity contribution is -0.385. The number of nitro benzene ring substituents is 1. The van der Waals surface area contributed by atoms with E-state index < -0.39 is 22.9 Å². The van der Waals surface area contributed by atoms with Gasteiger partial charge in [0.1, 0.15) is 11.9 Å². The molecule has 18 heavy (non-hydrogen) atoms. The number of cyclic esters (lactones) is 1. The van der Waals surface area contributed by atoms with Crippen molar-refractivity contribution in [1.82, 2.24) is 0 Å². The first-order valence-electron chi connectivity index (χ1n) is 5.43. The number of rotatable bonds is 3. The maximum absolute atomic E-state index is 11.4. The van der Waals surface area contributed by atoms with Gasteiger partial charge in [0.2, 0.25) is 0 Å². The van der Waals surface area contributed by atoms with Crippen LogP contribution in [0.1, 0.15) is 25.0 Å².